The highest BCUT2D eigenvalue weighted by atomic mass is 16.5. The minimum Gasteiger partial charge on any atom is -0.508 e. The van der Waals surface area contributed by atoms with Crippen LogP contribution in [0.2, 0.25) is 0 Å². The Kier molecular flexibility index (Phi) is 17.4. The first-order valence-electron chi connectivity index (χ1n) is 15.3. The molecular weight excluding hydrogens is 528 g/mol. The summed E-state index contributed by atoms with van der Waals surface area (Å²) < 4.78 is 4.87. The van der Waals surface area contributed by atoms with Gasteiger partial charge < -0.3 is 25.4 Å². The Bertz CT molecular complexity index is 1060. The number of esters is 1. The number of hydrogen-bond acceptors (Lipinski definition) is 8. The minimum atomic E-state index is -0.0762. The van der Waals surface area contributed by atoms with Crippen LogP contribution in [0.3, 0.4) is 0 Å². The molecule has 8 heteroatoms. The molecule has 2 saturated heterocycles. The maximum absolute atomic E-state index is 11.1. The van der Waals surface area contributed by atoms with Gasteiger partial charge in [-0.2, -0.15) is 0 Å². The molecule has 232 valence electrons. The van der Waals surface area contributed by atoms with Gasteiger partial charge in [0.25, 0.3) is 0 Å². The maximum atomic E-state index is 11.1. The molecule has 0 aromatic heterocycles. The van der Waals surface area contributed by atoms with Crippen LogP contribution in [-0.2, 0) is 16.0 Å². The molecule has 0 spiro atoms. The van der Waals surface area contributed by atoms with E-state index >= 15 is 0 Å². The van der Waals surface area contributed by atoms with Gasteiger partial charge in [-0.25, -0.2) is 0 Å². The summed E-state index contributed by atoms with van der Waals surface area (Å²) in [4.78, 5) is 26.5. The number of likely N-dealkylation sites (tertiary alicyclic amines) is 1. The van der Waals surface area contributed by atoms with E-state index in [2.05, 4.69) is 41.0 Å². The van der Waals surface area contributed by atoms with E-state index in [4.69, 9.17) is 4.74 Å². The largest absolute Gasteiger partial charge is 0.508 e. The van der Waals surface area contributed by atoms with Crippen molar-refractivity contribution in [1.82, 2.24) is 20.4 Å². The number of aldehydes is 1. The fraction of sp³-hybridized carbons (Fsp3) is 0.529. The number of nitrogens with one attached hydrogen (secondary N) is 2. The number of benzene rings is 2. The SMILES string of the molecule is C=CCN1CCNC(C)C1.CCOC(=O)CCCNC1CCN(C)CC1.O=Cc1cccc(Cc2cccc(O)c2)c1. The van der Waals surface area contributed by atoms with Crippen LogP contribution in [-0.4, -0.2) is 98.7 Å². The van der Waals surface area contributed by atoms with Gasteiger partial charge in [-0.15, -0.1) is 6.58 Å². The first-order valence-corrected chi connectivity index (χ1v) is 15.3. The van der Waals surface area contributed by atoms with Gasteiger partial charge in [0.1, 0.15) is 12.0 Å². The van der Waals surface area contributed by atoms with E-state index < -0.39 is 0 Å². The summed E-state index contributed by atoms with van der Waals surface area (Å²) in [6.07, 6.45) is 7.38. The van der Waals surface area contributed by atoms with Crippen LogP contribution in [0.1, 0.15) is 61.0 Å². The van der Waals surface area contributed by atoms with Gasteiger partial charge in [-0.05, 0) is 95.5 Å². The zero-order valence-corrected chi connectivity index (χ0v) is 25.9. The van der Waals surface area contributed by atoms with Crippen LogP contribution < -0.4 is 10.6 Å². The monoisotopic (exact) mass is 580 g/mol. The topological polar surface area (TPSA) is 94.1 Å². The van der Waals surface area contributed by atoms with E-state index in [1.807, 2.05) is 43.3 Å². The molecule has 1 atom stereocenters. The molecule has 2 aliphatic heterocycles. The first-order chi connectivity index (χ1) is 20.3. The second-order valence-corrected chi connectivity index (χ2v) is 11.1. The molecule has 1 unspecified atom stereocenters. The van der Waals surface area contributed by atoms with Crippen molar-refractivity contribution < 1.29 is 19.4 Å². The molecule has 2 aromatic carbocycles. The molecule has 0 amide bonds. The van der Waals surface area contributed by atoms with E-state index in [1.54, 1.807) is 18.2 Å². The van der Waals surface area contributed by atoms with Gasteiger partial charge in [0, 0.05) is 50.2 Å². The van der Waals surface area contributed by atoms with Crippen LogP contribution in [0.4, 0.5) is 0 Å². The van der Waals surface area contributed by atoms with Gasteiger partial charge >= 0.3 is 5.97 Å². The molecule has 0 bridgehead atoms. The van der Waals surface area contributed by atoms with E-state index in [9.17, 15) is 14.7 Å². The van der Waals surface area contributed by atoms with Gasteiger partial charge in [0.05, 0.1) is 6.61 Å². The fourth-order valence-electron chi connectivity index (χ4n) is 5.02. The van der Waals surface area contributed by atoms with Crippen LogP contribution in [0, 0.1) is 0 Å². The third kappa shape index (κ3) is 15.3. The van der Waals surface area contributed by atoms with Gasteiger partial charge in [0.2, 0.25) is 0 Å². The molecule has 2 aliphatic rings. The van der Waals surface area contributed by atoms with Crippen LogP contribution in [0.5, 0.6) is 5.75 Å². The number of carbonyl (C=O) groups excluding carboxylic acids is 2. The second kappa shape index (κ2) is 20.8. The van der Waals surface area contributed by atoms with Crippen LogP contribution in [0.25, 0.3) is 0 Å². The molecule has 0 radical (unpaired) electrons. The van der Waals surface area contributed by atoms with Crippen LogP contribution in [0.15, 0.2) is 61.2 Å². The number of rotatable bonds is 11. The normalized spacial score (nSPS) is 17.6. The van der Waals surface area contributed by atoms with E-state index in [0.717, 1.165) is 63.0 Å². The maximum Gasteiger partial charge on any atom is 0.305 e. The van der Waals surface area contributed by atoms with Crippen molar-refractivity contribution in [3.05, 3.63) is 77.9 Å². The summed E-state index contributed by atoms with van der Waals surface area (Å²) in [5, 5.41) is 16.2. The van der Waals surface area contributed by atoms with Crippen LogP contribution >= 0.6 is 0 Å². The summed E-state index contributed by atoms with van der Waals surface area (Å²) >= 11 is 0. The third-order valence-corrected chi connectivity index (χ3v) is 7.26. The summed E-state index contributed by atoms with van der Waals surface area (Å²) in [6.45, 7) is 16.0. The quantitative estimate of drug-likeness (QED) is 0.157. The molecule has 2 aromatic rings. The molecule has 8 nitrogen and oxygen atoms in total. The molecule has 2 heterocycles. The van der Waals surface area contributed by atoms with E-state index in [1.165, 1.54) is 25.9 Å². The number of ether oxygens (including phenoxy) is 1. The number of phenolic OH excluding ortho intramolecular Hbond substituents is 1. The van der Waals surface area contributed by atoms with Crippen molar-refractivity contribution in [3.8, 4) is 5.75 Å². The van der Waals surface area contributed by atoms with Gasteiger partial charge in [-0.1, -0.05) is 36.4 Å². The lowest BCUT2D eigenvalue weighted by Crippen LogP contribution is -2.49. The standard InChI is InChI=1S/C14H12O2.C12H24N2O2.C8H16N2/c15-10-13-5-1-3-11(8-13)7-12-4-2-6-14(16)9-12;1-3-16-12(15)5-4-8-13-11-6-9-14(2)10-7-11;1-3-5-10-6-4-9-8(2)7-10/h1-6,8-10,16H,7H2;11,13H,3-10H2,1-2H3;3,8-9H,1,4-7H2,2H3. The molecular formula is C34H52N4O4. The Morgan fingerprint density at radius 3 is 2.50 bits per heavy atom. The lowest BCUT2D eigenvalue weighted by Gasteiger charge is -2.30. The highest BCUT2D eigenvalue weighted by Gasteiger charge is 2.15. The van der Waals surface area contributed by atoms with Crippen molar-refractivity contribution in [2.45, 2.75) is 58.0 Å². The number of piperazine rings is 1. The summed E-state index contributed by atoms with van der Waals surface area (Å²) in [5.74, 6) is 0.191. The van der Waals surface area contributed by atoms with Crippen molar-refractivity contribution >= 4 is 12.3 Å². The average Bonchev–Trinajstić information content (AvgIpc) is 2.97. The molecule has 4 rings (SSSR count). The average molecular weight is 581 g/mol. The lowest BCUT2D eigenvalue weighted by molar-refractivity contribution is -0.143. The van der Waals surface area contributed by atoms with Gasteiger partial charge in [0.15, 0.2) is 0 Å². The first kappa shape index (κ1) is 35.2. The van der Waals surface area contributed by atoms with Crippen molar-refractivity contribution in [2.75, 3.05) is 59.5 Å². The molecule has 0 aliphatic carbocycles. The second-order valence-electron chi connectivity index (χ2n) is 11.1. The number of hydrogen-bond donors (Lipinski definition) is 3. The summed E-state index contributed by atoms with van der Waals surface area (Å²) in [7, 11) is 2.16. The highest BCUT2D eigenvalue weighted by Crippen LogP contribution is 2.15. The number of nitrogens with zero attached hydrogens (tertiary/aromatic N) is 2. The predicted molar refractivity (Wildman–Crippen MR) is 171 cm³/mol. The van der Waals surface area contributed by atoms with Gasteiger partial charge in [-0.3, -0.25) is 14.5 Å². The fourth-order valence-corrected chi connectivity index (χ4v) is 5.02. The van der Waals surface area contributed by atoms with Crippen molar-refractivity contribution in [2.24, 2.45) is 0 Å². The smallest absolute Gasteiger partial charge is 0.305 e. The minimum absolute atomic E-state index is 0.0762. The van der Waals surface area contributed by atoms with E-state index in [-0.39, 0.29) is 11.7 Å². The number of aromatic hydroxyl groups is 1. The Morgan fingerprint density at radius 1 is 1.14 bits per heavy atom. The third-order valence-electron chi connectivity index (χ3n) is 7.26. The highest BCUT2D eigenvalue weighted by molar-refractivity contribution is 5.75. The molecule has 42 heavy (non-hydrogen) atoms. The summed E-state index contributed by atoms with van der Waals surface area (Å²) in [6, 6.07) is 15.9. The molecule has 0 saturated carbocycles. The van der Waals surface area contributed by atoms with Crippen molar-refractivity contribution in [1.29, 1.82) is 0 Å². The van der Waals surface area contributed by atoms with Crippen molar-refractivity contribution in [3.63, 3.8) is 0 Å². The summed E-state index contributed by atoms with van der Waals surface area (Å²) in [5.41, 5.74) is 2.77. The number of carbonyl (C=O) groups is 2. The zero-order chi connectivity index (χ0) is 30.6. The lowest BCUT2D eigenvalue weighted by atomic mass is 10.0. The predicted octanol–water partition coefficient (Wildman–Crippen LogP) is 4.28. The Labute approximate surface area is 253 Å². The molecule has 2 fully saturated rings. The number of piperidine rings is 1. The zero-order valence-electron chi connectivity index (χ0n) is 25.9. The number of phenols is 1. The Balaban J connectivity index is 0.000000227. The molecule has 3 N–H and O–H groups in total. The Hall–Kier alpha value is -3.04. The van der Waals surface area contributed by atoms with E-state index in [0.29, 0.717) is 30.7 Å². The Morgan fingerprint density at radius 2 is 1.86 bits per heavy atom.